The maximum atomic E-state index is 12.0. The number of amides is 2. The Morgan fingerprint density at radius 2 is 1.83 bits per heavy atom. The number of thioether (sulfide) groups is 1. The van der Waals surface area contributed by atoms with Crippen molar-refractivity contribution >= 4 is 45.1 Å². The van der Waals surface area contributed by atoms with Crippen molar-refractivity contribution in [3.63, 3.8) is 0 Å². The third-order valence-electron chi connectivity index (χ3n) is 3.40. The minimum atomic E-state index is -3.43. The zero-order valence-electron chi connectivity index (χ0n) is 15.8. The molecule has 0 saturated heterocycles. The molecule has 2 rings (SSSR count). The monoisotopic (exact) mass is 438 g/mol. The minimum Gasteiger partial charge on any atom is -0.360 e. The maximum Gasteiger partial charge on any atom is 0.235 e. The Hall–Kier alpha value is -2.63. The van der Waals surface area contributed by atoms with E-state index in [1.807, 2.05) is 0 Å². The average molecular weight is 439 g/mol. The summed E-state index contributed by atoms with van der Waals surface area (Å²) in [5.74, 6) is 0.384. The predicted octanol–water partition coefficient (Wildman–Crippen LogP) is 1.90. The fraction of sp³-hybridized carbons (Fsp3) is 0.278. The second-order valence-corrected chi connectivity index (χ2v) is 8.80. The third kappa shape index (κ3) is 8.50. The van der Waals surface area contributed by atoms with E-state index < -0.39 is 10.0 Å². The van der Waals surface area contributed by atoms with Gasteiger partial charge in [0.05, 0.1) is 17.3 Å². The van der Waals surface area contributed by atoms with Crippen molar-refractivity contribution in [2.45, 2.75) is 12.7 Å². The summed E-state index contributed by atoms with van der Waals surface area (Å²) in [7, 11) is -3.43. The molecule has 0 aliphatic rings. The van der Waals surface area contributed by atoms with E-state index in [2.05, 4.69) is 27.1 Å². The Kier molecular flexibility index (Phi) is 8.43. The molecule has 11 heteroatoms. The number of benzene rings is 1. The van der Waals surface area contributed by atoms with Gasteiger partial charge in [0.25, 0.3) is 0 Å². The largest absolute Gasteiger partial charge is 0.360 e. The van der Waals surface area contributed by atoms with Crippen LogP contribution in [0.4, 0.5) is 11.5 Å². The lowest BCUT2D eigenvalue weighted by atomic mass is 10.2. The van der Waals surface area contributed by atoms with Crippen LogP contribution >= 0.6 is 11.8 Å². The zero-order valence-corrected chi connectivity index (χ0v) is 17.4. The second-order valence-electron chi connectivity index (χ2n) is 6.01. The van der Waals surface area contributed by atoms with E-state index in [9.17, 15) is 18.0 Å². The van der Waals surface area contributed by atoms with Gasteiger partial charge in [-0.15, -0.1) is 18.3 Å². The van der Waals surface area contributed by atoms with Crippen LogP contribution in [-0.4, -0.2) is 43.4 Å². The van der Waals surface area contributed by atoms with Gasteiger partial charge in [0.1, 0.15) is 5.76 Å². The van der Waals surface area contributed by atoms with Gasteiger partial charge in [-0.25, -0.2) is 13.1 Å². The summed E-state index contributed by atoms with van der Waals surface area (Å²) in [5.41, 5.74) is 1.13. The summed E-state index contributed by atoms with van der Waals surface area (Å²) < 4.78 is 30.9. The molecule has 0 spiro atoms. The van der Waals surface area contributed by atoms with E-state index in [0.717, 1.165) is 11.8 Å². The lowest BCUT2D eigenvalue weighted by Crippen LogP contribution is -2.25. The molecule has 2 amide bonds. The molecule has 0 fully saturated rings. The lowest BCUT2D eigenvalue weighted by Gasteiger charge is -2.08. The smallest absolute Gasteiger partial charge is 0.235 e. The number of sulfonamides is 1. The standard InChI is InChI=1S/C18H22N4O5S2/c1-3-8-19-29(25,26)12-14-4-6-15(7-5-14)20-17(23)10-28-11-18(24)21-16-9-13(2)27-22-16/h3-7,9,19H,1,8,10-12H2,2H3,(H,20,23)(H,21,22,24). The van der Waals surface area contributed by atoms with Crippen molar-refractivity contribution in [2.24, 2.45) is 0 Å². The Labute approximate surface area is 173 Å². The van der Waals surface area contributed by atoms with E-state index >= 15 is 0 Å². The van der Waals surface area contributed by atoms with E-state index in [1.54, 1.807) is 37.3 Å². The number of aryl methyl sites for hydroxylation is 1. The van der Waals surface area contributed by atoms with Crippen LogP contribution in [0.3, 0.4) is 0 Å². The minimum absolute atomic E-state index is 0.0901. The summed E-state index contributed by atoms with van der Waals surface area (Å²) in [5, 5.41) is 8.92. The van der Waals surface area contributed by atoms with Gasteiger partial charge >= 0.3 is 0 Å². The second kappa shape index (κ2) is 10.8. The highest BCUT2D eigenvalue weighted by Crippen LogP contribution is 2.13. The zero-order chi connectivity index (χ0) is 21.3. The topological polar surface area (TPSA) is 130 Å². The summed E-state index contributed by atoms with van der Waals surface area (Å²) in [4.78, 5) is 23.8. The van der Waals surface area contributed by atoms with Crippen LogP contribution in [0.1, 0.15) is 11.3 Å². The molecule has 0 aliphatic heterocycles. The van der Waals surface area contributed by atoms with Gasteiger partial charge in [-0.1, -0.05) is 23.4 Å². The number of hydrogen-bond donors (Lipinski definition) is 3. The fourth-order valence-electron chi connectivity index (χ4n) is 2.18. The van der Waals surface area contributed by atoms with Crippen molar-refractivity contribution in [1.82, 2.24) is 9.88 Å². The van der Waals surface area contributed by atoms with Crippen LogP contribution in [0, 0.1) is 6.92 Å². The quantitative estimate of drug-likeness (QED) is 0.457. The number of nitrogens with one attached hydrogen (secondary N) is 3. The molecule has 2 aromatic rings. The number of aromatic nitrogens is 1. The molecule has 1 aromatic carbocycles. The molecule has 0 unspecified atom stereocenters. The van der Waals surface area contributed by atoms with E-state index in [4.69, 9.17) is 4.52 Å². The predicted molar refractivity (Wildman–Crippen MR) is 113 cm³/mol. The molecule has 3 N–H and O–H groups in total. The Bertz CT molecular complexity index is 955. The van der Waals surface area contributed by atoms with Crippen LogP contribution in [-0.2, 0) is 25.4 Å². The van der Waals surface area contributed by atoms with Crippen molar-refractivity contribution < 1.29 is 22.5 Å². The van der Waals surface area contributed by atoms with Gasteiger partial charge in [-0.05, 0) is 24.6 Å². The van der Waals surface area contributed by atoms with Crippen molar-refractivity contribution in [2.75, 3.05) is 28.7 Å². The van der Waals surface area contributed by atoms with Gasteiger partial charge in [0, 0.05) is 18.3 Å². The SMILES string of the molecule is C=CCNS(=O)(=O)Cc1ccc(NC(=O)CSCC(=O)Nc2cc(C)on2)cc1. The van der Waals surface area contributed by atoms with Crippen molar-refractivity contribution in [1.29, 1.82) is 0 Å². The first-order valence-electron chi connectivity index (χ1n) is 8.55. The highest BCUT2D eigenvalue weighted by Gasteiger charge is 2.11. The molecular formula is C18H22N4O5S2. The number of carbonyl (C=O) groups excluding carboxylic acids is 2. The van der Waals surface area contributed by atoms with Gasteiger partial charge < -0.3 is 15.2 Å². The first-order chi connectivity index (χ1) is 13.8. The average Bonchev–Trinajstić information content (AvgIpc) is 3.06. The van der Waals surface area contributed by atoms with Gasteiger partial charge in [0.2, 0.25) is 21.8 Å². The highest BCUT2D eigenvalue weighted by molar-refractivity contribution is 8.00. The number of rotatable bonds is 11. The number of nitrogens with zero attached hydrogens (tertiary/aromatic N) is 1. The molecule has 0 bridgehead atoms. The molecule has 0 atom stereocenters. The van der Waals surface area contributed by atoms with Crippen LogP contribution < -0.4 is 15.4 Å². The highest BCUT2D eigenvalue weighted by atomic mass is 32.2. The molecule has 9 nitrogen and oxygen atoms in total. The third-order valence-corrected chi connectivity index (χ3v) is 5.66. The van der Waals surface area contributed by atoms with E-state index in [0.29, 0.717) is 22.8 Å². The number of hydrogen-bond acceptors (Lipinski definition) is 7. The fourth-order valence-corrected chi connectivity index (χ4v) is 3.90. The van der Waals surface area contributed by atoms with Gasteiger partial charge in [0.15, 0.2) is 5.82 Å². The summed E-state index contributed by atoms with van der Waals surface area (Å²) in [6, 6.07) is 8.10. The van der Waals surface area contributed by atoms with Gasteiger partial charge in [-0.2, -0.15) is 0 Å². The molecule has 0 saturated carbocycles. The summed E-state index contributed by atoms with van der Waals surface area (Å²) in [6.07, 6.45) is 1.47. The number of anilines is 2. The molecule has 1 heterocycles. The first-order valence-corrected chi connectivity index (χ1v) is 11.4. The van der Waals surface area contributed by atoms with Crippen LogP contribution in [0.25, 0.3) is 0 Å². The van der Waals surface area contributed by atoms with Gasteiger partial charge in [-0.3, -0.25) is 9.59 Å². The summed E-state index contributed by atoms with van der Waals surface area (Å²) >= 11 is 1.16. The Balaban J connectivity index is 1.73. The molecule has 29 heavy (non-hydrogen) atoms. The number of carbonyl (C=O) groups is 2. The van der Waals surface area contributed by atoms with Crippen molar-refractivity contribution in [3.05, 3.63) is 54.3 Å². The molecule has 1 aromatic heterocycles. The Morgan fingerprint density at radius 3 is 2.41 bits per heavy atom. The maximum absolute atomic E-state index is 12.0. The lowest BCUT2D eigenvalue weighted by molar-refractivity contribution is -0.114. The van der Waals surface area contributed by atoms with E-state index in [1.165, 1.54) is 6.08 Å². The van der Waals surface area contributed by atoms with Crippen molar-refractivity contribution in [3.8, 4) is 0 Å². The molecule has 156 valence electrons. The molecule has 0 radical (unpaired) electrons. The molecule has 0 aliphatic carbocycles. The summed E-state index contributed by atoms with van der Waals surface area (Å²) in [6.45, 7) is 5.35. The van der Waals surface area contributed by atoms with Crippen LogP contribution in [0.2, 0.25) is 0 Å². The van der Waals surface area contributed by atoms with Crippen LogP contribution in [0.5, 0.6) is 0 Å². The normalized spacial score (nSPS) is 11.1. The van der Waals surface area contributed by atoms with Crippen LogP contribution in [0.15, 0.2) is 47.5 Å². The molecular weight excluding hydrogens is 416 g/mol. The first kappa shape index (κ1) is 22.7. The Morgan fingerprint density at radius 1 is 1.17 bits per heavy atom. The van der Waals surface area contributed by atoms with E-state index in [-0.39, 0.29) is 35.6 Å².